The van der Waals surface area contributed by atoms with Gasteiger partial charge in [-0.15, -0.1) is 0 Å². The normalized spacial score (nSPS) is 20.5. The first kappa shape index (κ1) is 29.5. The molecule has 1 aromatic rings. The van der Waals surface area contributed by atoms with Gasteiger partial charge in [-0.25, -0.2) is 9.59 Å². The van der Waals surface area contributed by atoms with E-state index in [1.165, 1.54) is 12.1 Å². The Bertz CT molecular complexity index is 822. The van der Waals surface area contributed by atoms with Crippen molar-refractivity contribution >= 4 is 25.5 Å². The first-order valence-corrected chi connectivity index (χ1v) is 10.1. The number of carbonyl (C=O) groups excluding carboxylic acids is 3. The Kier molecular flexibility index (Phi) is 12.9. The molecule has 0 heterocycles. The van der Waals surface area contributed by atoms with Crippen LogP contribution in [0.3, 0.4) is 0 Å². The van der Waals surface area contributed by atoms with E-state index in [-0.39, 0.29) is 83.3 Å². The van der Waals surface area contributed by atoms with Crippen LogP contribution in [0.4, 0.5) is 0 Å². The number of ether oxygens (including phenoxy) is 3. The molecule has 9 nitrogen and oxygen atoms in total. The largest absolute Gasteiger partial charge is 1.00 e. The number of benzene rings is 1. The molecule has 0 unspecified atom stereocenters. The van der Waals surface area contributed by atoms with Crippen molar-refractivity contribution in [1.82, 2.24) is 0 Å². The second kappa shape index (κ2) is 13.2. The molecule has 1 aromatic carbocycles. The van der Waals surface area contributed by atoms with Crippen LogP contribution in [0.25, 0.3) is 0 Å². The predicted molar refractivity (Wildman–Crippen MR) is 91.9 cm³/mol. The molecule has 0 saturated heterocycles. The summed E-state index contributed by atoms with van der Waals surface area (Å²) in [6.07, 6.45) is -2.30. The Morgan fingerprint density at radius 2 is 1.67 bits per heavy atom. The van der Waals surface area contributed by atoms with Gasteiger partial charge in [0.2, 0.25) is 0 Å². The number of rotatable bonds is 6. The van der Waals surface area contributed by atoms with Gasteiger partial charge in [-0.2, -0.15) is 0 Å². The maximum absolute atomic E-state index is 12.4. The summed E-state index contributed by atoms with van der Waals surface area (Å²) in [7, 11) is -5.37. The molecule has 0 saturated carbocycles. The smallest absolute Gasteiger partial charge is 0.810 e. The Hall–Kier alpha value is -0.480. The maximum Gasteiger partial charge on any atom is 1.00 e. The molecule has 0 aliphatic heterocycles. The van der Waals surface area contributed by atoms with Gasteiger partial charge in [0.25, 0.3) is 0 Å². The quantitative estimate of drug-likeness (QED) is 0.177. The molecular formula is C18H19Na2O9P. The average molecular weight is 456 g/mol. The molecule has 0 fully saturated rings. The van der Waals surface area contributed by atoms with Crippen molar-refractivity contribution in [1.29, 1.82) is 0 Å². The zero-order valence-corrected chi connectivity index (χ0v) is 22.1. The first-order valence-electron chi connectivity index (χ1n) is 8.46. The molecule has 0 radical (unpaired) electrons. The van der Waals surface area contributed by atoms with Gasteiger partial charge >= 0.3 is 77.0 Å². The van der Waals surface area contributed by atoms with E-state index in [9.17, 15) is 28.7 Å². The van der Waals surface area contributed by atoms with Crippen LogP contribution in [-0.2, 0) is 28.4 Å². The molecule has 1 aliphatic carbocycles. The van der Waals surface area contributed by atoms with Crippen LogP contribution in [0.5, 0.6) is 0 Å². The van der Waals surface area contributed by atoms with E-state index in [1.54, 1.807) is 25.1 Å². The number of hydrogen-bond donors (Lipinski definition) is 0. The molecule has 152 valence electrons. The van der Waals surface area contributed by atoms with Gasteiger partial charge in [-0.3, -0.25) is 4.79 Å². The molecule has 0 spiro atoms. The van der Waals surface area contributed by atoms with E-state index in [2.05, 4.69) is 0 Å². The van der Waals surface area contributed by atoms with Gasteiger partial charge < -0.3 is 28.6 Å². The van der Waals surface area contributed by atoms with Gasteiger partial charge in [-0.05, 0) is 19.1 Å². The predicted octanol–water partition coefficient (Wildman–Crippen LogP) is -5.67. The fourth-order valence-electron chi connectivity index (χ4n) is 2.80. The van der Waals surface area contributed by atoms with Crippen LogP contribution in [-0.4, -0.2) is 42.4 Å². The number of hydrogen-bond acceptors (Lipinski definition) is 9. The van der Waals surface area contributed by atoms with E-state index in [0.717, 1.165) is 13.0 Å². The van der Waals surface area contributed by atoms with Crippen LogP contribution in [0.2, 0.25) is 0 Å². The van der Waals surface area contributed by atoms with Crippen molar-refractivity contribution in [2.45, 2.75) is 38.1 Å². The molecule has 0 bridgehead atoms. The fourth-order valence-corrected chi connectivity index (χ4v) is 3.78. The minimum atomic E-state index is -5.37. The summed E-state index contributed by atoms with van der Waals surface area (Å²) in [5.74, 6) is -2.53. The SMILES string of the molecule is CCOC(=O)C1=C[C@@H](P(=O)([O-])[O-])[C@@H](OC(=O)c2ccccc2)[C@H](OC(C)=O)C1.[Na+].[Na+]. The molecule has 3 atom stereocenters. The van der Waals surface area contributed by atoms with Crippen molar-refractivity contribution in [3.05, 3.63) is 47.5 Å². The Labute approximate surface area is 218 Å². The minimum Gasteiger partial charge on any atom is -0.810 e. The summed E-state index contributed by atoms with van der Waals surface area (Å²) < 4.78 is 26.9. The van der Waals surface area contributed by atoms with Crippen LogP contribution >= 0.6 is 7.60 Å². The summed E-state index contributed by atoms with van der Waals surface area (Å²) in [5, 5.41) is 0. The van der Waals surface area contributed by atoms with Gasteiger partial charge in [0.15, 0.2) is 6.10 Å². The zero-order chi connectivity index (χ0) is 20.9. The average Bonchev–Trinajstić information content (AvgIpc) is 2.62. The summed E-state index contributed by atoms with van der Waals surface area (Å²) in [6, 6.07) is 7.69. The van der Waals surface area contributed by atoms with E-state index in [1.807, 2.05) is 0 Å². The van der Waals surface area contributed by atoms with Crippen LogP contribution in [0.1, 0.15) is 30.6 Å². The van der Waals surface area contributed by atoms with Gasteiger partial charge in [-0.1, -0.05) is 31.9 Å². The monoisotopic (exact) mass is 456 g/mol. The number of esters is 3. The molecule has 30 heavy (non-hydrogen) atoms. The van der Waals surface area contributed by atoms with Crippen LogP contribution in [0.15, 0.2) is 42.0 Å². The number of carbonyl (C=O) groups is 3. The summed E-state index contributed by atoms with van der Waals surface area (Å²) in [6.45, 7) is 2.65. The second-order valence-corrected chi connectivity index (χ2v) is 7.71. The van der Waals surface area contributed by atoms with Crippen molar-refractivity contribution in [2.75, 3.05) is 6.61 Å². The van der Waals surface area contributed by atoms with Crippen LogP contribution < -0.4 is 68.9 Å². The van der Waals surface area contributed by atoms with E-state index >= 15 is 0 Å². The Balaban J connectivity index is 0.00000420. The molecule has 2 rings (SSSR count). The third-order valence-electron chi connectivity index (χ3n) is 3.97. The van der Waals surface area contributed by atoms with Gasteiger partial charge in [0.05, 0.1) is 12.2 Å². The van der Waals surface area contributed by atoms with Crippen molar-refractivity contribution in [2.24, 2.45) is 0 Å². The van der Waals surface area contributed by atoms with Gasteiger partial charge in [0.1, 0.15) is 6.10 Å². The minimum absolute atomic E-state index is 0. The third kappa shape index (κ3) is 8.22. The standard InChI is InChI=1S/C18H21O9P.2Na/c1-3-25-17(20)13-9-14(26-11(2)19)16(15(10-13)28(22,23)24)27-18(21)12-7-5-4-6-8-12;;/h4-8,10,14-16H,3,9H2,1-2H3,(H2,22,23,24);;/q;2*+1/p-2/t14-,15-,16+;;/m1../s1. The van der Waals surface area contributed by atoms with Crippen LogP contribution in [0, 0.1) is 0 Å². The maximum atomic E-state index is 12.4. The topological polar surface area (TPSA) is 142 Å². The van der Waals surface area contributed by atoms with E-state index < -0.39 is 43.4 Å². The van der Waals surface area contributed by atoms with Crippen molar-refractivity contribution in [3.63, 3.8) is 0 Å². The molecule has 0 aromatic heterocycles. The first-order chi connectivity index (χ1) is 13.1. The summed E-state index contributed by atoms with van der Waals surface area (Å²) in [4.78, 5) is 59.5. The van der Waals surface area contributed by atoms with E-state index in [0.29, 0.717) is 0 Å². The van der Waals surface area contributed by atoms with Crippen molar-refractivity contribution in [3.8, 4) is 0 Å². The Morgan fingerprint density at radius 3 is 2.17 bits per heavy atom. The summed E-state index contributed by atoms with van der Waals surface area (Å²) >= 11 is 0. The second-order valence-electron chi connectivity index (χ2n) is 6.03. The Morgan fingerprint density at radius 1 is 1.07 bits per heavy atom. The fraction of sp³-hybridized carbons (Fsp3) is 0.389. The molecule has 1 aliphatic rings. The van der Waals surface area contributed by atoms with Crippen molar-refractivity contribution < 1.29 is 102 Å². The summed E-state index contributed by atoms with van der Waals surface area (Å²) in [5.41, 5.74) is -1.91. The van der Waals surface area contributed by atoms with E-state index in [4.69, 9.17) is 14.2 Å². The molecular weight excluding hydrogens is 437 g/mol. The third-order valence-corrected chi connectivity index (χ3v) is 5.14. The molecule has 0 amide bonds. The van der Waals surface area contributed by atoms with Gasteiger partial charge in [0, 0.05) is 24.6 Å². The molecule has 0 N–H and O–H groups in total. The zero-order valence-electron chi connectivity index (χ0n) is 17.2. The molecule has 12 heteroatoms.